The summed E-state index contributed by atoms with van der Waals surface area (Å²) in [7, 11) is 0. The van der Waals surface area contributed by atoms with Crippen molar-refractivity contribution in [1.29, 1.82) is 0 Å². The third-order valence-corrected chi connectivity index (χ3v) is 4.37. The van der Waals surface area contributed by atoms with Crippen LogP contribution in [0.1, 0.15) is 11.1 Å². The molecule has 2 aromatic carbocycles. The van der Waals surface area contributed by atoms with Crippen LogP contribution in [0, 0.1) is 6.92 Å². The summed E-state index contributed by atoms with van der Waals surface area (Å²) in [5.41, 5.74) is 3.32. The van der Waals surface area contributed by atoms with Crippen LogP contribution >= 0.6 is 31.9 Å². The fraction of sp³-hybridized carbons (Fsp3) is 0.200. The first kappa shape index (κ1) is 13.8. The van der Waals surface area contributed by atoms with Gasteiger partial charge in [-0.05, 0) is 62.5 Å². The molecule has 0 aliphatic carbocycles. The van der Waals surface area contributed by atoms with E-state index in [-0.39, 0.29) is 0 Å². The first-order valence-electron chi connectivity index (χ1n) is 6.22. The van der Waals surface area contributed by atoms with Crippen LogP contribution in [0.4, 0.5) is 5.69 Å². The number of nitrogens with one attached hydrogen (secondary N) is 1. The van der Waals surface area contributed by atoms with Gasteiger partial charge in [0.1, 0.15) is 0 Å². The number of para-hydroxylation sites is 1. The van der Waals surface area contributed by atoms with Gasteiger partial charge in [-0.3, -0.25) is 0 Å². The standard InChI is InChI=1S/C15H13Br2NO2/c1-9-5-11(16)14(12(17)6-9)18-7-10-3-2-4-13-15(10)20-8-19-13/h2-6,18H,7-8H2,1H3. The lowest BCUT2D eigenvalue weighted by atomic mass is 10.1. The van der Waals surface area contributed by atoms with E-state index >= 15 is 0 Å². The van der Waals surface area contributed by atoms with Crippen LogP contribution in [0.25, 0.3) is 0 Å². The molecule has 0 saturated carbocycles. The van der Waals surface area contributed by atoms with E-state index in [4.69, 9.17) is 9.47 Å². The molecule has 1 aliphatic heterocycles. The predicted molar refractivity (Wildman–Crippen MR) is 86.5 cm³/mol. The molecule has 1 aliphatic rings. The number of ether oxygens (including phenoxy) is 2. The summed E-state index contributed by atoms with van der Waals surface area (Å²) in [6, 6.07) is 10.1. The maximum Gasteiger partial charge on any atom is 0.231 e. The molecule has 3 rings (SSSR count). The van der Waals surface area contributed by atoms with Gasteiger partial charge in [-0.2, -0.15) is 0 Å². The lowest BCUT2D eigenvalue weighted by Crippen LogP contribution is -2.02. The van der Waals surface area contributed by atoms with E-state index in [2.05, 4.69) is 56.2 Å². The molecule has 0 spiro atoms. The van der Waals surface area contributed by atoms with Crippen molar-refractivity contribution in [3.63, 3.8) is 0 Å². The van der Waals surface area contributed by atoms with Crippen LogP contribution in [-0.4, -0.2) is 6.79 Å². The lowest BCUT2D eigenvalue weighted by Gasteiger charge is -2.13. The summed E-state index contributed by atoms with van der Waals surface area (Å²) < 4.78 is 13.0. The highest BCUT2D eigenvalue weighted by Gasteiger charge is 2.17. The minimum absolute atomic E-state index is 0.296. The topological polar surface area (TPSA) is 30.5 Å². The second-order valence-corrected chi connectivity index (χ2v) is 6.32. The quantitative estimate of drug-likeness (QED) is 0.800. The highest BCUT2D eigenvalue weighted by atomic mass is 79.9. The molecule has 0 unspecified atom stereocenters. The summed E-state index contributed by atoms with van der Waals surface area (Å²) in [5.74, 6) is 1.64. The highest BCUT2D eigenvalue weighted by Crippen LogP contribution is 2.37. The van der Waals surface area contributed by atoms with Crippen LogP contribution in [0.3, 0.4) is 0 Å². The molecule has 0 amide bonds. The minimum atomic E-state index is 0.296. The predicted octanol–water partition coefficient (Wildman–Crippen LogP) is 4.86. The first-order chi connectivity index (χ1) is 9.65. The summed E-state index contributed by atoms with van der Waals surface area (Å²) in [6.07, 6.45) is 0. The number of aryl methyl sites for hydroxylation is 1. The Bertz CT molecular complexity index is 635. The molecule has 0 saturated heterocycles. The Morgan fingerprint density at radius 3 is 2.65 bits per heavy atom. The van der Waals surface area contributed by atoms with Crippen LogP contribution in [0.15, 0.2) is 39.3 Å². The lowest BCUT2D eigenvalue weighted by molar-refractivity contribution is 0.173. The van der Waals surface area contributed by atoms with E-state index < -0.39 is 0 Å². The van der Waals surface area contributed by atoms with Gasteiger partial charge in [0.25, 0.3) is 0 Å². The van der Waals surface area contributed by atoms with Gasteiger partial charge in [0.2, 0.25) is 6.79 Å². The zero-order valence-corrected chi connectivity index (χ0v) is 14.0. The fourth-order valence-corrected chi connectivity index (χ4v) is 3.88. The van der Waals surface area contributed by atoms with Gasteiger partial charge >= 0.3 is 0 Å². The van der Waals surface area contributed by atoms with E-state index in [9.17, 15) is 0 Å². The maximum absolute atomic E-state index is 5.51. The second-order valence-electron chi connectivity index (χ2n) is 4.61. The highest BCUT2D eigenvalue weighted by molar-refractivity contribution is 9.11. The number of fused-ring (bicyclic) bond motifs is 1. The number of halogens is 2. The maximum atomic E-state index is 5.51. The molecule has 0 aromatic heterocycles. The van der Waals surface area contributed by atoms with Gasteiger partial charge in [-0.1, -0.05) is 12.1 Å². The summed E-state index contributed by atoms with van der Waals surface area (Å²) in [6.45, 7) is 3.03. The number of rotatable bonds is 3. The zero-order chi connectivity index (χ0) is 14.1. The Morgan fingerprint density at radius 1 is 1.15 bits per heavy atom. The summed E-state index contributed by atoms with van der Waals surface area (Å²) in [5, 5.41) is 3.43. The summed E-state index contributed by atoms with van der Waals surface area (Å²) in [4.78, 5) is 0. The molecule has 1 heterocycles. The molecule has 0 fully saturated rings. The molecule has 3 nitrogen and oxygen atoms in total. The Morgan fingerprint density at radius 2 is 1.90 bits per heavy atom. The molecule has 20 heavy (non-hydrogen) atoms. The van der Waals surface area contributed by atoms with Crippen molar-refractivity contribution in [2.24, 2.45) is 0 Å². The van der Waals surface area contributed by atoms with E-state index in [1.165, 1.54) is 5.56 Å². The van der Waals surface area contributed by atoms with E-state index in [0.29, 0.717) is 13.3 Å². The fourth-order valence-electron chi connectivity index (χ4n) is 2.18. The van der Waals surface area contributed by atoms with Gasteiger partial charge in [-0.25, -0.2) is 0 Å². The zero-order valence-electron chi connectivity index (χ0n) is 10.9. The Hall–Kier alpha value is -1.20. The molecular weight excluding hydrogens is 386 g/mol. The van der Waals surface area contributed by atoms with Crippen LogP contribution in [0.5, 0.6) is 11.5 Å². The Kier molecular flexibility index (Phi) is 3.89. The molecule has 5 heteroatoms. The Balaban J connectivity index is 1.83. The number of anilines is 1. The van der Waals surface area contributed by atoms with Crippen molar-refractivity contribution < 1.29 is 9.47 Å². The molecule has 0 atom stereocenters. The molecule has 1 N–H and O–H groups in total. The van der Waals surface area contributed by atoms with E-state index in [0.717, 1.165) is 31.7 Å². The van der Waals surface area contributed by atoms with Crippen molar-refractivity contribution in [3.05, 3.63) is 50.4 Å². The molecule has 104 valence electrons. The number of hydrogen-bond donors (Lipinski definition) is 1. The van der Waals surface area contributed by atoms with Crippen molar-refractivity contribution in [2.75, 3.05) is 12.1 Å². The third kappa shape index (κ3) is 2.65. The van der Waals surface area contributed by atoms with Gasteiger partial charge < -0.3 is 14.8 Å². The monoisotopic (exact) mass is 397 g/mol. The first-order valence-corrected chi connectivity index (χ1v) is 7.81. The molecular formula is C15H13Br2NO2. The average molecular weight is 399 g/mol. The molecule has 2 aromatic rings. The summed E-state index contributed by atoms with van der Waals surface area (Å²) >= 11 is 7.17. The van der Waals surface area contributed by atoms with Gasteiger partial charge in [0.15, 0.2) is 11.5 Å². The Labute approximate surface area is 134 Å². The van der Waals surface area contributed by atoms with Crippen LogP contribution in [-0.2, 0) is 6.54 Å². The average Bonchev–Trinajstić information content (AvgIpc) is 2.86. The van der Waals surface area contributed by atoms with Gasteiger partial charge in [-0.15, -0.1) is 0 Å². The SMILES string of the molecule is Cc1cc(Br)c(NCc2cccc3c2OCO3)c(Br)c1. The molecule has 0 radical (unpaired) electrons. The van der Waals surface area contributed by atoms with E-state index in [1.54, 1.807) is 0 Å². The van der Waals surface area contributed by atoms with Crippen LogP contribution in [0.2, 0.25) is 0 Å². The van der Waals surface area contributed by atoms with Gasteiger partial charge in [0.05, 0.1) is 5.69 Å². The number of benzene rings is 2. The smallest absolute Gasteiger partial charge is 0.231 e. The van der Waals surface area contributed by atoms with Crippen molar-refractivity contribution in [2.45, 2.75) is 13.5 Å². The normalized spacial score (nSPS) is 12.6. The largest absolute Gasteiger partial charge is 0.454 e. The van der Waals surface area contributed by atoms with Crippen molar-refractivity contribution in [1.82, 2.24) is 0 Å². The number of hydrogen-bond acceptors (Lipinski definition) is 3. The third-order valence-electron chi connectivity index (χ3n) is 3.12. The van der Waals surface area contributed by atoms with Crippen LogP contribution < -0.4 is 14.8 Å². The second kappa shape index (κ2) is 5.66. The van der Waals surface area contributed by atoms with E-state index in [1.807, 2.05) is 18.2 Å². The minimum Gasteiger partial charge on any atom is -0.454 e. The van der Waals surface area contributed by atoms with Crippen molar-refractivity contribution in [3.8, 4) is 11.5 Å². The molecule has 0 bridgehead atoms. The van der Waals surface area contributed by atoms with Crippen molar-refractivity contribution >= 4 is 37.5 Å². The van der Waals surface area contributed by atoms with Gasteiger partial charge in [0, 0.05) is 21.1 Å².